The highest BCUT2D eigenvalue weighted by Gasteiger charge is 2.21. The van der Waals surface area contributed by atoms with Gasteiger partial charge in [0.2, 0.25) is 0 Å². The number of hydrogen-bond donors (Lipinski definition) is 2. The molecule has 5 nitrogen and oxygen atoms in total. The molecule has 0 radical (unpaired) electrons. The molecule has 0 atom stereocenters. The smallest absolute Gasteiger partial charge is 0.253 e. The van der Waals surface area contributed by atoms with Crippen LogP contribution in [0.3, 0.4) is 0 Å². The van der Waals surface area contributed by atoms with E-state index in [1.165, 1.54) is 4.90 Å². The lowest BCUT2D eigenvalue weighted by Crippen LogP contribution is -2.49. The van der Waals surface area contributed by atoms with Gasteiger partial charge in [-0.05, 0) is 37.1 Å². The average molecular weight is 291 g/mol. The number of carbonyl (C=O) groups is 2. The summed E-state index contributed by atoms with van der Waals surface area (Å²) in [6.07, 6.45) is 1.61. The van der Waals surface area contributed by atoms with Crippen LogP contribution in [-0.4, -0.2) is 42.9 Å². The molecular formula is C16H25N3O2. The molecule has 0 fully saturated rings. The third-order valence-electron chi connectivity index (χ3n) is 3.81. The Morgan fingerprint density at radius 3 is 2.00 bits per heavy atom. The van der Waals surface area contributed by atoms with Crippen molar-refractivity contribution in [2.45, 2.75) is 32.2 Å². The van der Waals surface area contributed by atoms with Gasteiger partial charge < -0.3 is 16.0 Å². The number of nitrogens with two attached hydrogens (primary N) is 1. The summed E-state index contributed by atoms with van der Waals surface area (Å²) in [6.45, 7) is 4.46. The largest absolute Gasteiger partial charge is 0.350 e. The van der Waals surface area contributed by atoms with Crippen LogP contribution in [0.4, 0.5) is 0 Å². The van der Waals surface area contributed by atoms with Crippen LogP contribution in [0.2, 0.25) is 0 Å². The van der Waals surface area contributed by atoms with Gasteiger partial charge in [0, 0.05) is 37.3 Å². The quantitative estimate of drug-likeness (QED) is 0.836. The molecule has 5 heteroatoms. The van der Waals surface area contributed by atoms with Gasteiger partial charge in [0.05, 0.1) is 0 Å². The highest BCUT2D eigenvalue weighted by atomic mass is 16.2. The zero-order chi connectivity index (χ0) is 16.0. The van der Waals surface area contributed by atoms with E-state index in [4.69, 9.17) is 5.73 Å². The lowest BCUT2D eigenvalue weighted by atomic mass is 9.94. The minimum atomic E-state index is -0.365. The van der Waals surface area contributed by atoms with Gasteiger partial charge in [-0.25, -0.2) is 0 Å². The van der Waals surface area contributed by atoms with Crippen molar-refractivity contribution >= 4 is 11.8 Å². The van der Waals surface area contributed by atoms with Crippen LogP contribution >= 0.6 is 0 Å². The first-order chi connectivity index (χ1) is 9.83. The summed E-state index contributed by atoms with van der Waals surface area (Å²) in [5.74, 6) is -0.254. The van der Waals surface area contributed by atoms with Crippen LogP contribution in [0.5, 0.6) is 0 Å². The second-order valence-corrected chi connectivity index (χ2v) is 5.53. The maximum atomic E-state index is 12.1. The van der Waals surface area contributed by atoms with E-state index < -0.39 is 0 Å². The third-order valence-corrected chi connectivity index (χ3v) is 3.81. The summed E-state index contributed by atoms with van der Waals surface area (Å²) in [4.78, 5) is 25.3. The van der Waals surface area contributed by atoms with Crippen molar-refractivity contribution in [2.75, 3.05) is 20.6 Å². The van der Waals surface area contributed by atoms with Crippen molar-refractivity contribution in [1.29, 1.82) is 0 Å². The van der Waals surface area contributed by atoms with Gasteiger partial charge in [-0.15, -0.1) is 0 Å². The zero-order valence-corrected chi connectivity index (χ0v) is 13.3. The Kier molecular flexibility index (Phi) is 5.90. The maximum Gasteiger partial charge on any atom is 0.253 e. The number of nitrogens with zero attached hydrogens (tertiary/aromatic N) is 1. The van der Waals surface area contributed by atoms with Gasteiger partial charge in [0.25, 0.3) is 11.8 Å². The fourth-order valence-corrected chi connectivity index (χ4v) is 1.88. The number of carbonyl (C=O) groups excluding carboxylic acids is 2. The summed E-state index contributed by atoms with van der Waals surface area (Å²) in [5.41, 5.74) is 6.88. The fraction of sp³-hybridized carbons (Fsp3) is 0.500. The van der Waals surface area contributed by atoms with E-state index in [9.17, 15) is 9.59 Å². The molecule has 2 amide bonds. The van der Waals surface area contributed by atoms with Gasteiger partial charge >= 0.3 is 0 Å². The molecule has 0 aliphatic heterocycles. The molecule has 1 aromatic rings. The minimum absolute atomic E-state index is 0.0834. The maximum absolute atomic E-state index is 12.1. The zero-order valence-electron chi connectivity index (χ0n) is 13.3. The Labute approximate surface area is 126 Å². The van der Waals surface area contributed by atoms with Crippen molar-refractivity contribution in [2.24, 2.45) is 5.73 Å². The minimum Gasteiger partial charge on any atom is -0.350 e. The first-order valence-corrected chi connectivity index (χ1v) is 7.21. The number of rotatable bonds is 6. The Morgan fingerprint density at radius 1 is 1.10 bits per heavy atom. The molecule has 21 heavy (non-hydrogen) atoms. The SMILES string of the molecule is CCC(N)(CC)CNC(=O)c1ccc(C(=O)N(C)C)cc1. The van der Waals surface area contributed by atoms with E-state index in [1.807, 2.05) is 13.8 Å². The summed E-state index contributed by atoms with van der Waals surface area (Å²) >= 11 is 0. The summed E-state index contributed by atoms with van der Waals surface area (Å²) in [6, 6.07) is 6.63. The fourth-order valence-electron chi connectivity index (χ4n) is 1.88. The predicted octanol–water partition coefficient (Wildman–Crippen LogP) is 1.64. The number of hydrogen-bond acceptors (Lipinski definition) is 3. The monoisotopic (exact) mass is 291 g/mol. The standard InChI is InChI=1S/C16H25N3O2/c1-5-16(17,6-2)11-18-14(20)12-7-9-13(10-8-12)15(21)19(3)4/h7-10H,5-6,11,17H2,1-4H3,(H,18,20). The Morgan fingerprint density at radius 2 is 1.57 bits per heavy atom. The van der Waals surface area contributed by atoms with Crippen LogP contribution in [0.25, 0.3) is 0 Å². The van der Waals surface area contributed by atoms with Crippen LogP contribution < -0.4 is 11.1 Å². The highest BCUT2D eigenvalue weighted by molar-refractivity contribution is 5.97. The van der Waals surface area contributed by atoms with E-state index in [0.29, 0.717) is 17.7 Å². The Balaban J connectivity index is 2.70. The molecule has 1 rings (SSSR count). The predicted molar refractivity (Wildman–Crippen MR) is 84.3 cm³/mol. The summed E-state index contributed by atoms with van der Waals surface area (Å²) < 4.78 is 0. The van der Waals surface area contributed by atoms with Crippen LogP contribution in [0.1, 0.15) is 47.4 Å². The third kappa shape index (κ3) is 4.56. The molecule has 116 valence electrons. The molecule has 0 saturated heterocycles. The molecular weight excluding hydrogens is 266 g/mol. The van der Waals surface area contributed by atoms with Crippen LogP contribution in [-0.2, 0) is 0 Å². The molecule has 0 unspecified atom stereocenters. The topological polar surface area (TPSA) is 75.4 Å². The number of amides is 2. The van der Waals surface area contributed by atoms with Gasteiger partial charge in [0.15, 0.2) is 0 Å². The molecule has 0 aliphatic carbocycles. The van der Waals surface area contributed by atoms with Gasteiger partial charge in [0.1, 0.15) is 0 Å². The Hall–Kier alpha value is -1.88. The van der Waals surface area contributed by atoms with Gasteiger partial charge in [-0.1, -0.05) is 13.8 Å². The molecule has 0 bridgehead atoms. The van der Waals surface area contributed by atoms with Crippen LogP contribution in [0, 0.1) is 0 Å². The van der Waals surface area contributed by atoms with E-state index in [1.54, 1.807) is 38.4 Å². The normalized spacial score (nSPS) is 11.1. The van der Waals surface area contributed by atoms with Crippen molar-refractivity contribution in [3.8, 4) is 0 Å². The first kappa shape index (κ1) is 17.2. The Bertz CT molecular complexity index is 491. The summed E-state index contributed by atoms with van der Waals surface area (Å²) in [7, 11) is 3.39. The average Bonchev–Trinajstić information content (AvgIpc) is 2.51. The lowest BCUT2D eigenvalue weighted by Gasteiger charge is -2.26. The molecule has 0 heterocycles. The molecule has 0 spiro atoms. The van der Waals surface area contributed by atoms with Crippen molar-refractivity contribution in [3.05, 3.63) is 35.4 Å². The molecule has 0 aliphatic rings. The lowest BCUT2D eigenvalue weighted by molar-refractivity contribution is 0.0826. The second kappa shape index (κ2) is 7.22. The molecule has 0 saturated carbocycles. The molecule has 1 aromatic carbocycles. The van der Waals surface area contributed by atoms with Gasteiger partial charge in [-0.3, -0.25) is 9.59 Å². The molecule has 0 aromatic heterocycles. The summed E-state index contributed by atoms with van der Waals surface area (Å²) in [5, 5.41) is 2.85. The second-order valence-electron chi connectivity index (χ2n) is 5.53. The van der Waals surface area contributed by atoms with Crippen molar-refractivity contribution in [3.63, 3.8) is 0 Å². The van der Waals surface area contributed by atoms with Crippen molar-refractivity contribution in [1.82, 2.24) is 10.2 Å². The van der Waals surface area contributed by atoms with E-state index in [2.05, 4.69) is 5.32 Å². The van der Waals surface area contributed by atoms with E-state index in [0.717, 1.165) is 12.8 Å². The molecule has 3 N–H and O–H groups in total. The number of benzene rings is 1. The number of nitrogens with one attached hydrogen (secondary N) is 1. The van der Waals surface area contributed by atoms with E-state index >= 15 is 0 Å². The first-order valence-electron chi connectivity index (χ1n) is 7.21. The highest BCUT2D eigenvalue weighted by Crippen LogP contribution is 2.11. The van der Waals surface area contributed by atoms with Crippen LogP contribution in [0.15, 0.2) is 24.3 Å². The van der Waals surface area contributed by atoms with Crippen molar-refractivity contribution < 1.29 is 9.59 Å². The van der Waals surface area contributed by atoms with Gasteiger partial charge in [-0.2, -0.15) is 0 Å². The van der Waals surface area contributed by atoms with E-state index in [-0.39, 0.29) is 17.4 Å².